The first kappa shape index (κ1) is 11.9. The van der Waals surface area contributed by atoms with Crippen molar-refractivity contribution in [3.05, 3.63) is 23.8 Å². The molecule has 0 saturated carbocycles. The van der Waals surface area contributed by atoms with E-state index < -0.39 is 0 Å². The van der Waals surface area contributed by atoms with Crippen molar-refractivity contribution in [3.63, 3.8) is 0 Å². The number of aryl methyl sites for hydroxylation is 1. The Morgan fingerprint density at radius 1 is 1.47 bits per heavy atom. The van der Waals surface area contributed by atoms with Gasteiger partial charge in [0, 0.05) is 17.9 Å². The molecular formula is C12H20N2O. The Morgan fingerprint density at radius 3 is 2.80 bits per heavy atom. The molecule has 0 aliphatic carbocycles. The Balaban J connectivity index is 2.44. The molecule has 3 nitrogen and oxygen atoms in total. The van der Waals surface area contributed by atoms with Gasteiger partial charge in [-0.15, -0.1) is 0 Å². The standard InChI is InChI=1S/C12H20N2O/c1-3-11(15)6-7-14-12-5-4-10(13)8-9(12)2/h4-5,8,11,14-15H,3,6-7,13H2,1-2H3. The highest BCUT2D eigenvalue weighted by atomic mass is 16.3. The number of aliphatic hydroxyl groups is 1. The van der Waals surface area contributed by atoms with Crippen LogP contribution in [0.3, 0.4) is 0 Å². The summed E-state index contributed by atoms with van der Waals surface area (Å²) in [6.07, 6.45) is 1.38. The maximum atomic E-state index is 9.39. The fourth-order valence-electron chi connectivity index (χ4n) is 1.46. The third-order valence-electron chi connectivity index (χ3n) is 2.51. The lowest BCUT2D eigenvalue weighted by Gasteiger charge is -2.12. The zero-order valence-electron chi connectivity index (χ0n) is 9.46. The minimum Gasteiger partial charge on any atom is -0.399 e. The Labute approximate surface area is 91.3 Å². The van der Waals surface area contributed by atoms with E-state index in [0.29, 0.717) is 0 Å². The van der Waals surface area contributed by atoms with E-state index in [0.717, 1.165) is 36.3 Å². The maximum Gasteiger partial charge on any atom is 0.0554 e. The molecule has 0 aliphatic rings. The summed E-state index contributed by atoms with van der Waals surface area (Å²) in [5.74, 6) is 0. The lowest BCUT2D eigenvalue weighted by molar-refractivity contribution is 0.164. The average Bonchev–Trinajstić information content (AvgIpc) is 2.21. The molecule has 1 rings (SSSR count). The van der Waals surface area contributed by atoms with E-state index in [2.05, 4.69) is 5.32 Å². The van der Waals surface area contributed by atoms with Gasteiger partial charge in [0.25, 0.3) is 0 Å². The number of anilines is 2. The highest BCUT2D eigenvalue weighted by Gasteiger charge is 2.01. The van der Waals surface area contributed by atoms with Gasteiger partial charge >= 0.3 is 0 Å². The smallest absolute Gasteiger partial charge is 0.0554 e. The van der Waals surface area contributed by atoms with Crippen molar-refractivity contribution in [1.82, 2.24) is 0 Å². The average molecular weight is 208 g/mol. The van der Waals surface area contributed by atoms with Crippen molar-refractivity contribution < 1.29 is 5.11 Å². The molecule has 1 aromatic rings. The molecule has 0 aliphatic heterocycles. The fourth-order valence-corrected chi connectivity index (χ4v) is 1.46. The monoisotopic (exact) mass is 208 g/mol. The van der Waals surface area contributed by atoms with Gasteiger partial charge in [0.2, 0.25) is 0 Å². The van der Waals surface area contributed by atoms with Gasteiger partial charge in [0.05, 0.1) is 6.10 Å². The molecule has 0 heterocycles. The molecule has 0 aromatic heterocycles. The molecule has 1 atom stereocenters. The summed E-state index contributed by atoms with van der Waals surface area (Å²) < 4.78 is 0. The van der Waals surface area contributed by atoms with E-state index in [9.17, 15) is 5.11 Å². The third-order valence-corrected chi connectivity index (χ3v) is 2.51. The Hall–Kier alpha value is -1.22. The number of aliphatic hydroxyl groups excluding tert-OH is 1. The number of nitrogens with one attached hydrogen (secondary N) is 1. The third kappa shape index (κ3) is 3.80. The van der Waals surface area contributed by atoms with Crippen molar-refractivity contribution in [2.75, 3.05) is 17.6 Å². The second-order valence-corrected chi connectivity index (χ2v) is 3.85. The summed E-state index contributed by atoms with van der Waals surface area (Å²) >= 11 is 0. The van der Waals surface area contributed by atoms with Crippen molar-refractivity contribution in [2.45, 2.75) is 32.8 Å². The molecule has 0 radical (unpaired) electrons. The normalized spacial score (nSPS) is 12.5. The number of benzene rings is 1. The molecule has 15 heavy (non-hydrogen) atoms. The molecule has 3 heteroatoms. The molecule has 0 fully saturated rings. The van der Waals surface area contributed by atoms with E-state index in [-0.39, 0.29) is 6.10 Å². The van der Waals surface area contributed by atoms with Gasteiger partial charge in [-0.2, -0.15) is 0 Å². The molecule has 0 spiro atoms. The number of hydrogen-bond donors (Lipinski definition) is 3. The van der Waals surface area contributed by atoms with Gasteiger partial charge in [0.15, 0.2) is 0 Å². The predicted molar refractivity (Wildman–Crippen MR) is 65.0 cm³/mol. The molecule has 0 bridgehead atoms. The summed E-state index contributed by atoms with van der Waals surface area (Å²) in [5.41, 5.74) is 8.67. The lowest BCUT2D eigenvalue weighted by atomic mass is 10.1. The van der Waals surface area contributed by atoms with Crippen LogP contribution < -0.4 is 11.1 Å². The number of nitrogens with two attached hydrogens (primary N) is 1. The van der Waals surface area contributed by atoms with E-state index in [1.165, 1.54) is 0 Å². The molecule has 1 unspecified atom stereocenters. The highest BCUT2D eigenvalue weighted by molar-refractivity contribution is 5.57. The van der Waals surface area contributed by atoms with Crippen molar-refractivity contribution in [2.24, 2.45) is 0 Å². The van der Waals surface area contributed by atoms with Crippen molar-refractivity contribution >= 4 is 11.4 Å². The number of hydrogen-bond acceptors (Lipinski definition) is 3. The quantitative estimate of drug-likeness (QED) is 0.650. The van der Waals surface area contributed by atoms with Crippen LogP contribution >= 0.6 is 0 Å². The molecular weight excluding hydrogens is 188 g/mol. The first-order valence-corrected chi connectivity index (χ1v) is 5.41. The summed E-state index contributed by atoms with van der Waals surface area (Å²) in [7, 11) is 0. The van der Waals surface area contributed by atoms with Crippen LogP contribution in [0.25, 0.3) is 0 Å². The van der Waals surface area contributed by atoms with Crippen LogP contribution in [0.2, 0.25) is 0 Å². The van der Waals surface area contributed by atoms with Gasteiger partial charge in [0.1, 0.15) is 0 Å². The van der Waals surface area contributed by atoms with Crippen LogP contribution in [0.4, 0.5) is 11.4 Å². The zero-order chi connectivity index (χ0) is 11.3. The van der Waals surface area contributed by atoms with Crippen LogP contribution in [-0.4, -0.2) is 17.8 Å². The van der Waals surface area contributed by atoms with Crippen LogP contribution in [0.15, 0.2) is 18.2 Å². The van der Waals surface area contributed by atoms with E-state index in [1.807, 2.05) is 32.0 Å². The largest absolute Gasteiger partial charge is 0.399 e. The van der Waals surface area contributed by atoms with Crippen LogP contribution in [0, 0.1) is 6.92 Å². The fraction of sp³-hybridized carbons (Fsp3) is 0.500. The van der Waals surface area contributed by atoms with Crippen LogP contribution in [0.5, 0.6) is 0 Å². The van der Waals surface area contributed by atoms with Gasteiger partial charge < -0.3 is 16.2 Å². The second kappa shape index (κ2) is 5.61. The summed E-state index contributed by atoms with van der Waals surface area (Å²) in [6, 6.07) is 5.80. The van der Waals surface area contributed by atoms with Gasteiger partial charge in [-0.1, -0.05) is 6.92 Å². The molecule has 0 saturated heterocycles. The minimum absolute atomic E-state index is 0.202. The second-order valence-electron chi connectivity index (χ2n) is 3.85. The lowest BCUT2D eigenvalue weighted by Crippen LogP contribution is -2.12. The molecule has 0 amide bonds. The van der Waals surface area contributed by atoms with E-state index in [1.54, 1.807) is 0 Å². The Morgan fingerprint density at radius 2 is 2.20 bits per heavy atom. The summed E-state index contributed by atoms with van der Waals surface area (Å²) in [6.45, 7) is 4.80. The maximum absolute atomic E-state index is 9.39. The minimum atomic E-state index is -0.202. The Kier molecular flexibility index (Phi) is 4.43. The summed E-state index contributed by atoms with van der Waals surface area (Å²) in [5, 5.41) is 12.7. The first-order valence-electron chi connectivity index (χ1n) is 5.41. The highest BCUT2D eigenvalue weighted by Crippen LogP contribution is 2.17. The Bertz CT molecular complexity index is 312. The van der Waals surface area contributed by atoms with Crippen molar-refractivity contribution in [3.8, 4) is 0 Å². The SMILES string of the molecule is CCC(O)CCNc1ccc(N)cc1C. The summed E-state index contributed by atoms with van der Waals surface area (Å²) in [4.78, 5) is 0. The van der Waals surface area contributed by atoms with E-state index >= 15 is 0 Å². The molecule has 4 N–H and O–H groups in total. The molecule has 84 valence electrons. The van der Waals surface area contributed by atoms with E-state index in [4.69, 9.17) is 5.73 Å². The van der Waals surface area contributed by atoms with Crippen LogP contribution in [-0.2, 0) is 0 Å². The molecule has 1 aromatic carbocycles. The van der Waals surface area contributed by atoms with Gasteiger partial charge in [-0.05, 0) is 43.5 Å². The predicted octanol–water partition coefficient (Wildman–Crippen LogP) is 2.15. The van der Waals surface area contributed by atoms with Crippen LogP contribution in [0.1, 0.15) is 25.3 Å². The number of nitrogen functional groups attached to an aromatic ring is 1. The topological polar surface area (TPSA) is 58.3 Å². The number of rotatable bonds is 5. The van der Waals surface area contributed by atoms with Crippen molar-refractivity contribution in [1.29, 1.82) is 0 Å². The first-order chi connectivity index (χ1) is 7.13. The van der Waals surface area contributed by atoms with Gasteiger partial charge in [-0.3, -0.25) is 0 Å². The van der Waals surface area contributed by atoms with Gasteiger partial charge in [-0.25, -0.2) is 0 Å². The zero-order valence-corrected chi connectivity index (χ0v) is 9.46.